The Balaban J connectivity index is 2.06. The highest BCUT2D eigenvalue weighted by molar-refractivity contribution is 5.94. The maximum atomic E-state index is 12.8. The predicted octanol–water partition coefficient (Wildman–Crippen LogP) is 1.99. The quantitative estimate of drug-likeness (QED) is 0.801. The number of rotatable bonds is 2. The normalized spacial score (nSPS) is 20.2. The molecule has 1 aliphatic heterocycles. The monoisotopic (exact) mass is 250 g/mol. The van der Waals surface area contributed by atoms with Gasteiger partial charge in [-0.2, -0.15) is 0 Å². The van der Waals surface area contributed by atoms with Gasteiger partial charge in [-0.1, -0.05) is 0 Å². The molecule has 1 saturated heterocycles. The van der Waals surface area contributed by atoms with Crippen LogP contribution in [0.15, 0.2) is 24.3 Å². The first kappa shape index (κ1) is 13.0. The highest BCUT2D eigenvalue weighted by atomic mass is 19.1. The number of likely N-dealkylation sites (tertiary alicyclic amines) is 1. The van der Waals surface area contributed by atoms with Crippen LogP contribution in [0.1, 0.15) is 23.2 Å². The van der Waals surface area contributed by atoms with Crippen molar-refractivity contribution in [1.29, 1.82) is 0 Å². The first-order valence-electron chi connectivity index (χ1n) is 6.29. The molecular formula is C14H19FN2O. The number of nitrogens with zero attached hydrogens (tertiary/aromatic N) is 2. The van der Waals surface area contributed by atoms with E-state index in [2.05, 4.69) is 4.90 Å². The molecule has 1 aromatic carbocycles. The fourth-order valence-electron chi connectivity index (χ4n) is 2.34. The van der Waals surface area contributed by atoms with Crippen LogP contribution in [-0.4, -0.2) is 48.9 Å². The smallest absolute Gasteiger partial charge is 0.253 e. The second-order valence-electron chi connectivity index (χ2n) is 5.02. The first-order chi connectivity index (χ1) is 8.58. The van der Waals surface area contributed by atoms with E-state index in [-0.39, 0.29) is 11.7 Å². The Labute approximate surface area is 107 Å². The van der Waals surface area contributed by atoms with Crippen LogP contribution < -0.4 is 0 Å². The molecule has 1 aromatic rings. The van der Waals surface area contributed by atoms with E-state index in [4.69, 9.17) is 0 Å². The molecule has 1 fully saturated rings. The summed E-state index contributed by atoms with van der Waals surface area (Å²) in [7, 11) is 4.08. The van der Waals surface area contributed by atoms with Gasteiger partial charge in [0.15, 0.2) is 0 Å². The highest BCUT2D eigenvalue weighted by Crippen LogP contribution is 2.16. The second-order valence-corrected chi connectivity index (χ2v) is 5.02. The largest absolute Gasteiger partial charge is 0.337 e. The molecule has 0 aromatic heterocycles. The number of hydrogen-bond acceptors (Lipinski definition) is 2. The molecule has 0 saturated carbocycles. The van der Waals surface area contributed by atoms with E-state index in [0.29, 0.717) is 11.6 Å². The molecule has 4 heteroatoms. The number of likely N-dealkylation sites (N-methyl/N-ethyl adjacent to an activating group) is 1. The minimum atomic E-state index is -0.309. The lowest BCUT2D eigenvalue weighted by Gasteiger charge is -2.36. The van der Waals surface area contributed by atoms with Gasteiger partial charge in [0.05, 0.1) is 0 Å². The van der Waals surface area contributed by atoms with Gasteiger partial charge in [-0.15, -0.1) is 0 Å². The maximum Gasteiger partial charge on any atom is 0.253 e. The van der Waals surface area contributed by atoms with Crippen LogP contribution >= 0.6 is 0 Å². The summed E-state index contributed by atoms with van der Waals surface area (Å²) >= 11 is 0. The SMILES string of the molecule is CN(C)C1CCCN(C(=O)c2ccc(F)cc2)C1. The summed E-state index contributed by atoms with van der Waals surface area (Å²) in [6, 6.07) is 6.19. The van der Waals surface area contributed by atoms with Crippen molar-refractivity contribution in [2.45, 2.75) is 18.9 Å². The Morgan fingerprint density at radius 2 is 2.00 bits per heavy atom. The zero-order chi connectivity index (χ0) is 13.1. The lowest BCUT2D eigenvalue weighted by molar-refractivity contribution is 0.0635. The number of carbonyl (C=O) groups is 1. The molecule has 18 heavy (non-hydrogen) atoms. The molecule has 1 unspecified atom stereocenters. The minimum Gasteiger partial charge on any atom is -0.337 e. The topological polar surface area (TPSA) is 23.6 Å². The van der Waals surface area contributed by atoms with Crippen molar-refractivity contribution in [3.63, 3.8) is 0 Å². The van der Waals surface area contributed by atoms with Gasteiger partial charge in [0.25, 0.3) is 5.91 Å². The molecule has 1 atom stereocenters. The molecule has 0 radical (unpaired) electrons. The van der Waals surface area contributed by atoms with Crippen molar-refractivity contribution in [3.05, 3.63) is 35.6 Å². The van der Waals surface area contributed by atoms with Crippen molar-refractivity contribution >= 4 is 5.91 Å². The molecule has 0 N–H and O–H groups in total. The molecule has 2 rings (SSSR count). The number of amides is 1. The summed E-state index contributed by atoms with van der Waals surface area (Å²) in [4.78, 5) is 16.3. The zero-order valence-electron chi connectivity index (χ0n) is 10.9. The van der Waals surface area contributed by atoms with Gasteiger partial charge < -0.3 is 9.80 Å². The Bertz CT molecular complexity index is 416. The third kappa shape index (κ3) is 2.88. The van der Waals surface area contributed by atoms with E-state index in [1.54, 1.807) is 12.1 Å². The van der Waals surface area contributed by atoms with Gasteiger partial charge >= 0.3 is 0 Å². The molecule has 98 valence electrons. The van der Waals surface area contributed by atoms with Gasteiger partial charge in [0.1, 0.15) is 5.82 Å². The first-order valence-corrected chi connectivity index (χ1v) is 6.29. The summed E-state index contributed by atoms with van der Waals surface area (Å²) in [5.41, 5.74) is 0.566. The molecule has 0 aliphatic carbocycles. The van der Waals surface area contributed by atoms with Crippen molar-refractivity contribution in [3.8, 4) is 0 Å². The fourth-order valence-corrected chi connectivity index (χ4v) is 2.34. The van der Waals surface area contributed by atoms with E-state index in [0.717, 1.165) is 25.9 Å². The minimum absolute atomic E-state index is 0.00144. The number of hydrogen-bond donors (Lipinski definition) is 0. The Kier molecular flexibility index (Phi) is 3.97. The molecule has 1 heterocycles. The fraction of sp³-hybridized carbons (Fsp3) is 0.500. The van der Waals surface area contributed by atoms with E-state index in [9.17, 15) is 9.18 Å². The van der Waals surface area contributed by atoms with E-state index in [1.807, 2.05) is 19.0 Å². The number of benzene rings is 1. The zero-order valence-corrected chi connectivity index (χ0v) is 10.9. The molecule has 3 nitrogen and oxygen atoms in total. The summed E-state index contributed by atoms with van der Waals surface area (Å²) in [5, 5.41) is 0. The number of piperidine rings is 1. The highest BCUT2D eigenvalue weighted by Gasteiger charge is 2.25. The van der Waals surface area contributed by atoms with E-state index < -0.39 is 0 Å². The van der Waals surface area contributed by atoms with Crippen LogP contribution in [0.5, 0.6) is 0 Å². The van der Waals surface area contributed by atoms with Gasteiger partial charge in [-0.25, -0.2) is 4.39 Å². The molecule has 0 bridgehead atoms. The molecular weight excluding hydrogens is 231 g/mol. The van der Waals surface area contributed by atoms with Crippen LogP contribution in [0, 0.1) is 5.82 Å². The average Bonchev–Trinajstić information content (AvgIpc) is 2.39. The van der Waals surface area contributed by atoms with Gasteiger partial charge in [-0.3, -0.25) is 4.79 Å². The van der Waals surface area contributed by atoms with Crippen LogP contribution in [0.3, 0.4) is 0 Å². The molecule has 1 amide bonds. The summed E-state index contributed by atoms with van der Waals surface area (Å²) < 4.78 is 12.8. The van der Waals surface area contributed by atoms with Crippen LogP contribution in [0.4, 0.5) is 4.39 Å². The van der Waals surface area contributed by atoms with Gasteiger partial charge in [-0.05, 0) is 51.2 Å². The summed E-state index contributed by atoms with van der Waals surface area (Å²) in [5.74, 6) is -0.307. The van der Waals surface area contributed by atoms with Crippen LogP contribution in [0.2, 0.25) is 0 Å². The van der Waals surface area contributed by atoms with E-state index >= 15 is 0 Å². The Morgan fingerprint density at radius 3 is 2.61 bits per heavy atom. The van der Waals surface area contributed by atoms with Crippen molar-refractivity contribution < 1.29 is 9.18 Å². The lowest BCUT2D eigenvalue weighted by atomic mass is 10.0. The maximum absolute atomic E-state index is 12.8. The third-order valence-corrected chi connectivity index (χ3v) is 3.51. The molecule has 0 spiro atoms. The Hall–Kier alpha value is -1.42. The summed E-state index contributed by atoms with van der Waals surface area (Å²) in [6.45, 7) is 1.55. The second kappa shape index (κ2) is 5.48. The van der Waals surface area contributed by atoms with Crippen molar-refractivity contribution in [2.24, 2.45) is 0 Å². The van der Waals surface area contributed by atoms with E-state index in [1.165, 1.54) is 12.1 Å². The van der Waals surface area contributed by atoms with Gasteiger partial charge in [0, 0.05) is 24.7 Å². The van der Waals surface area contributed by atoms with Gasteiger partial charge in [0.2, 0.25) is 0 Å². The van der Waals surface area contributed by atoms with Crippen LogP contribution in [-0.2, 0) is 0 Å². The van der Waals surface area contributed by atoms with Crippen molar-refractivity contribution in [1.82, 2.24) is 9.80 Å². The lowest BCUT2D eigenvalue weighted by Crippen LogP contribution is -2.47. The van der Waals surface area contributed by atoms with Crippen LogP contribution in [0.25, 0.3) is 0 Å². The average molecular weight is 250 g/mol. The third-order valence-electron chi connectivity index (χ3n) is 3.51. The molecule has 1 aliphatic rings. The summed E-state index contributed by atoms with van der Waals surface area (Å²) in [6.07, 6.45) is 2.15. The standard InChI is InChI=1S/C14H19FN2O/c1-16(2)13-4-3-9-17(10-13)14(18)11-5-7-12(15)8-6-11/h5-8,13H,3-4,9-10H2,1-2H3. The number of halogens is 1. The van der Waals surface area contributed by atoms with Crippen molar-refractivity contribution in [2.75, 3.05) is 27.2 Å². The Morgan fingerprint density at radius 1 is 1.33 bits per heavy atom. The number of carbonyl (C=O) groups excluding carboxylic acids is 1. The predicted molar refractivity (Wildman–Crippen MR) is 69.0 cm³/mol.